The van der Waals surface area contributed by atoms with Crippen LogP contribution in [0.15, 0.2) is 42.7 Å². The summed E-state index contributed by atoms with van der Waals surface area (Å²) >= 11 is 5.83. The molecule has 2 heterocycles. The summed E-state index contributed by atoms with van der Waals surface area (Å²) in [6, 6.07) is 12.1. The summed E-state index contributed by atoms with van der Waals surface area (Å²) < 4.78 is 0. The van der Waals surface area contributed by atoms with E-state index in [1.54, 1.807) is 11.1 Å². The van der Waals surface area contributed by atoms with E-state index in [0.29, 0.717) is 17.6 Å². The molecule has 0 bridgehead atoms. The number of rotatable bonds is 2. The predicted molar refractivity (Wildman–Crippen MR) is 64.7 cm³/mol. The first-order valence-corrected chi connectivity index (χ1v) is 5.67. The monoisotopic (exact) mass is 247 g/mol. The van der Waals surface area contributed by atoms with Gasteiger partial charge in [-0.2, -0.15) is 0 Å². The van der Waals surface area contributed by atoms with E-state index in [2.05, 4.69) is 22.1 Å². The topological polar surface area (TPSA) is 38.2 Å². The highest BCUT2D eigenvalue weighted by Crippen LogP contribution is 2.34. The summed E-state index contributed by atoms with van der Waals surface area (Å²) in [4.78, 5) is 13.4. The number of hydroxylamine groups is 1. The minimum atomic E-state index is 0.196. The van der Waals surface area contributed by atoms with Gasteiger partial charge in [0.1, 0.15) is 24.1 Å². The van der Waals surface area contributed by atoms with Gasteiger partial charge in [-0.1, -0.05) is 41.9 Å². The van der Waals surface area contributed by atoms with E-state index in [9.17, 15) is 0 Å². The maximum atomic E-state index is 5.83. The largest absolute Gasteiger partial charge is 0.269 e. The van der Waals surface area contributed by atoms with Crippen molar-refractivity contribution >= 4 is 17.4 Å². The standard InChI is InChI=1S/C12H10ClN3O/c13-11-6-12(15-8-14-11)16-10(7-17-16)9-4-2-1-3-5-9/h1-6,8,10H,7H2. The average molecular weight is 248 g/mol. The minimum absolute atomic E-state index is 0.196. The van der Waals surface area contributed by atoms with Crippen molar-refractivity contribution in [2.75, 3.05) is 11.7 Å². The molecule has 1 aliphatic rings. The molecule has 86 valence electrons. The van der Waals surface area contributed by atoms with E-state index in [1.807, 2.05) is 18.2 Å². The molecule has 0 saturated carbocycles. The fourth-order valence-electron chi connectivity index (χ4n) is 1.80. The van der Waals surface area contributed by atoms with Crippen LogP contribution in [0.25, 0.3) is 0 Å². The Balaban J connectivity index is 1.86. The van der Waals surface area contributed by atoms with Gasteiger partial charge in [0.15, 0.2) is 5.82 Å². The molecule has 0 N–H and O–H groups in total. The molecule has 1 aliphatic heterocycles. The van der Waals surface area contributed by atoms with Crippen molar-refractivity contribution in [3.8, 4) is 0 Å². The van der Waals surface area contributed by atoms with Gasteiger partial charge in [-0.15, -0.1) is 0 Å². The number of aromatic nitrogens is 2. The molecule has 5 heteroatoms. The summed E-state index contributed by atoms with van der Waals surface area (Å²) in [6.45, 7) is 0.658. The zero-order valence-electron chi connectivity index (χ0n) is 8.95. The van der Waals surface area contributed by atoms with Gasteiger partial charge in [0.25, 0.3) is 0 Å². The maximum Gasteiger partial charge on any atom is 0.158 e. The number of halogens is 1. The molecule has 4 nitrogen and oxygen atoms in total. The summed E-state index contributed by atoms with van der Waals surface area (Å²) in [6.07, 6.45) is 1.43. The summed E-state index contributed by atoms with van der Waals surface area (Å²) in [5.74, 6) is 0.685. The summed E-state index contributed by atoms with van der Waals surface area (Å²) in [7, 11) is 0. The Bertz CT molecular complexity index is 520. The molecule has 0 aliphatic carbocycles. The lowest BCUT2D eigenvalue weighted by molar-refractivity contribution is -0.0276. The molecule has 1 aromatic heterocycles. The second-order valence-corrected chi connectivity index (χ2v) is 4.13. The third-order valence-electron chi connectivity index (χ3n) is 2.68. The van der Waals surface area contributed by atoms with Crippen LogP contribution in [0.5, 0.6) is 0 Å². The van der Waals surface area contributed by atoms with Gasteiger partial charge in [0.2, 0.25) is 0 Å². The van der Waals surface area contributed by atoms with Crippen LogP contribution in [0.4, 0.5) is 5.82 Å². The number of benzene rings is 1. The second-order valence-electron chi connectivity index (χ2n) is 3.75. The Labute approximate surface area is 104 Å². The van der Waals surface area contributed by atoms with Gasteiger partial charge in [0, 0.05) is 6.07 Å². The first kappa shape index (κ1) is 10.5. The third kappa shape index (κ3) is 1.97. The van der Waals surface area contributed by atoms with Crippen molar-refractivity contribution in [3.63, 3.8) is 0 Å². The second kappa shape index (κ2) is 4.31. The number of hydrogen-bond acceptors (Lipinski definition) is 4. The Kier molecular flexibility index (Phi) is 2.66. The lowest BCUT2D eigenvalue weighted by Gasteiger charge is -2.40. The quantitative estimate of drug-likeness (QED) is 0.765. The van der Waals surface area contributed by atoms with E-state index in [1.165, 1.54) is 11.9 Å². The molecule has 1 atom stereocenters. The maximum absolute atomic E-state index is 5.83. The van der Waals surface area contributed by atoms with Gasteiger partial charge < -0.3 is 0 Å². The van der Waals surface area contributed by atoms with E-state index in [0.717, 1.165) is 0 Å². The van der Waals surface area contributed by atoms with Crippen molar-refractivity contribution in [2.24, 2.45) is 0 Å². The lowest BCUT2D eigenvalue weighted by atomic mass is 10.1. The summed E-state index contributed by atoms with van der Waals surface area (Å²) in [5.41, 5.74) is 1.20. The molecule has 1 saturated heterocycles. The van der Waals surface area contributed by atoms with Crippen LogP contribution in [-0.4, -0.2) is 16.6 Å². The van der Waals surface area contributed by atoms with Gasteiger partial charge in [-0.3, -0.25) is 4.84 Å². The van der Waals surface area contributed by atoms with Crippen molar-refractivity contribution in [1.82, 2.24) is 9.97 Å². The fraction of sp³-hybridized carbons (Fsp3) is 0.167. The normalized spacial score (nSPS) is 18.9. The molecule has 1 unspecified atom stereocenters. The smallest absolute Gasteiger partial charge is 0.158 e. The molecular weight excluding hydrogens is 238 g/mol. The van der Waals surface area contributed by atoms with Crippen LogP contribution in [0.2, 0.25) is 5.15 Å². The number of anilines is 1. The van der Waals surface area contributed by atoms with Crippen LogP contribution in [0, 0.1) is 0 Å². The van der Waals surface area contributed by atoms with Crippen LogP contribution in [-0.2, 0) is 4.84 Å². The van der Waals surface area contributed by atoms with Crippen LogP contribution < -0.4 is 5.06 Å². The Morgan fingerprint density at radius 1 is 1.24 bits per heavy atom. The molecule has 1 aromatic carbocycles. The molecule has 3 rings (SSSR count). The average Bonchev–Trinajstić information content (AvgIpc) is 2.29. The van der Waals surface area contributed by atoms with Gasteiger partial charge in [-0.05, 0) is 5.56 Å². The Morgan fingerprint density at radius 3 is 2.71 bits per heavy atom. The summed E-state index contributed by atoms with van der Waals surface area (Å²) in [5, 5.41) is 2.17. The van der Waals surface area contributed by atoms with Crippen molar-refractivity contribution in [2.45, 2.75) is 6.04 Å². The van der Waals surface area contributed by atoms with Crippen molar-refractivity contribution in [3.05, 3.63) is 53.4 Å². The minimum Gasteiger partial charge on any atom is -0.269 e. The van der Waals surface area contributed by atoms with E-state index >= 15 is 0 Å². The SMILES string of the molecule is Clc1cc(N2OCC2c2ccccc2)ncn1. The third-order valence-corrected chi connectivity index (χ3v) is 2.89. The predicted octanol–water partition coefficient (Wildman–Crippen LogP) is 2.62. The highest BCUT2D eigenvalue weighted by molar-refractivity contribution is 6.29. The zero-order chi connectivity index (χ0) is 11.7. The zero-order valence-corrected chi connectivity index (χ0v) is 9.71. The molecule has 17 heavy (non-hydrogen) atoms. The highest BCUT2D eigenvalue weighted by Gasteiger charge is 2.32. The molecule has 2 aromatic rings. The molecule has 0 spiro atoms. The van der Waals surface area contributed by atoms with E-state index in [-0.39, 0.29) is 6.04 Å². The van der Waals surface area contributed by atoms with Crippen molar-refractivity contribution < 1.29 is 4.84 Å². The molecule has 0 radical (unpaired) electrons. The molecular formula is C12H10ClN3O. The van der Waals surface area contributed by atoms with E-state index in [4.69, 9.17) is 16.4 Å². The Hall–Kier alpha value is -1.65. The molecule has 0 amide bonds. The van der Waals surface area contributed by atoms with Crippen LogP contribution >= 0.6 is 11.6 Å². The van der Waals surface area contributed by atoms with Gasteiger partial charge in [0.05, 0.1) is 0 Å². The van der Waals surface area contributed by atoms with Gasteiger partial charge >= 0.3 is 0 Å². The lowest BCUT2D eigenvalue weighted by Crippen LogP contribution is -2.43. The number of hydrogen-bond donors (Lipinski definition) is 0. The van der Waals surface area contributed by atoms with Crippen LogP contribution in [0.1, 0.15) is 11.6 Å². The van der Waals surface area contributed by atoms with E-state index < -0.39 is 0 Å². The number of nitrogens with zero attached hydrogens (tertiary/aromatic N) is 3. The fourth-order valence-corrected chi connectivity index (χ4v) is 1.94. The Morgan fingerprint density at radius 2 is 2.06 bits per heavy atom. The highest BCUT2D eigenvalue weighted by atomic mass is 35.5. The van der Waals surface area contributed by atoms with Gasteiger partial charge in [-0.25, -0.2) is 15.0 Å². The van der Waals surface area contributed by atoms with Crippen molar-refractivity contribution in [1.29, 1.82) is 0 Å². The molecule has 1 fully saturated rings. The first-order valence-electron chi connectivity index (χ1n) is 5.29. The van der Waals surface area contributed by atoms with Crippen LogP contribution in [0.3, 0.4) is 0 Å². The first-order chi connectivity index (χ1) is 8.34.